The lowest BCUT2D eigenvalue weighted by Crippen LogP contribution is -2.29. The van der Waals surface area contributed by atoms with Gasteiger partial charge in [0.2, 0.25) is 5.91 Å². The molecule has 0 saturated carbocycles. The standard InChI is InChI=1S/C11H14N2O3/c1-16-11(15)9-4-2-3-8(5-9)7-13-10(14)6-12/h2-5H,6-7,12H2,1H3,(H,13,14). The predicted octanol–water partition coefficient (Wildman–Crippen LogP) is 0.0481. The molecule has 0 radical (unpaired) electrons. The Kier molecular flexibility index (Phi) is 4.47. The van der Waals surface area contributed by atoms with Gasteiger partial charge in [-0.3, -0.25) is 4.79 Å². The summed E-state index contributed by atoms with van der Waals surface area (Å²) >= 11 is 0. The second-order valence-electron chi connectivity index (χ2n) is 3.17. The van der Waals surface area contributed by atoms with Crippen molar-refractivity contribution in [2.45, 2.75) is 6.54 Å². The number of hydrogen-bond acceptors (Lipinski definition) is 4. The van der Waals surface area contributed by atoms with Crippen LogP contribution < -0.4 is 11.1 Å². The molecule has 3 N–H and O–H groups in total. The number of benzene rings is 1. The Balaban J connectivity index is 2.67. The molecule has 0 saturated heterocycles. The van der Waals surface area contributed by atoms with Gasteiger partial charge in [-0.05, 0) is 17.7 Å². The second kappa shape index (κ2) is 5.87. The third-order valence-electron chi connectivity index (χ3n) is 2.02. The van der Waals surface area contributed by atoms with Crippen LogP contribution in [0.2, 0.25) is 0 Å². The fourth-order valence-electron chi connectivity index (χ4n) is 1.20. The molecule has 0 aliphatic rings. The summed E-state index contributed by atoms with van der Waals surface area (Å²) in [5, 5.41) is 2.62. The summed E-state index contributed by atoms with van der Waals surface area (Å²) in [6, 6.07) is 6.86. The largest absolute Gasteiger partial charge is 0.465 e. The molecule has 0 aromatic heterocycles. The van der Waals surface area contributed by atoms with E-state index in [0.717, 1.165) is 5.56 Å². The fraction of sp³-hybridized carbons (Fsp3) is 0.273. The number of ether oxygens (including phenoxy) is 1. The highest BCUT2D eigenvalue weighted by atomic mass is 16.5. The minimum Gasteiger partial charge on any atom is -0.465 e. The van der Waals surface area contributed by atoms with Crippen LogP contribution in [0.4, 0.5) is 0 Å². The molecule has 0 atom stereocenters. The van der Waals surface area contributed by atoms with Gasteiger partial charge in [-0.15, -0.1) is 0 Å². The lowest BCUT2D eigenvalue weighted by molar-refractivity contribution is -0.119. The second-order valence-corrected chi connectivity index (χ2v) is 3.17. The van der Waals surface area contributed by atoms with Gasteiger partial charge in [-0.1, -0.05) is 12.1 Å². The van der Waals surface area contributed by atoms with Crippen LogP contribution >= 0.6 is 0 Å². The average molecular weight is 222 g/mol. The Morgan fingerprint density at radius 2 is 2.19 bits per heavy atom. The molecule has 5 nitrogen and oxygen atoms in total. The zero-order valence-electron chi connectivity index (χ0n) is 9.03. The number of esters is 1. The monoisotopic (exact) mass is 222 g/mol. The Labute approximate surface area is 93.6 Å². The molecular weight excluding hydrogens is 208 g/mol. The molecule has 1 aromatic carbocycles. The summed E-state index contributed by atoms with van der Waals surface area (Å²) in [7, 11) is 1.32. The van der Waals surface area contributed by atoms with Crippen LogP contribution in [0.1, 0.15) is 15.9 Å². The zero-order valence-corrected chi connectivity index (χ0v) is 9.03. The Morgan fingerprint density at radius 3 is 2.81 bits per heavy atom. The molecule has 5 heteroatoms. The smallest absolute Gasteiger partial charge is 0.337 e. The molecule has 0 heterocycles. The number of nitrogens with two attached hydrogens (primary N) is 1. The lowest BCUT2D eigenvalue weighted by Gasteiger charge is -2.05. The molecule has 1 rings (SSSR count). The Morgan fingerprint density at radius 1 is 1.44 bits per heavy atom. The molecule has 0 aliphatic heterocycles. The zero-order chi connectivity index (χ0) is 12.0. The molecular formula is C11H14N2O3. The summed E-state index contributed by atoms with van der Waals surface area (Å²) in [5.74, 6) is -0.629. The number of amides is 1. The number of nitrogens with one attached hydrogen (secondary N) is 1. The lowest BCUT2D eigenvalue weighted by atomic mass is 10.1. The van der Waals surface area contributed by atoms with Crippen molar-refractivity contribution in [2.24, 2.45) is 5.73 Å². The van der Waals surface area contributed by atoms with Crippen molar-refractivity contribution < 1.29 is 14.3 Å². The van der Waals surface area contributed by atoms with Gasteiger partial charge in [0.15, 0.2) is 0 Å². The van der Waals surface area contributed by atoms with Crippen LogP contribution in [-0.2, 0) is 16.1 Å². The van der Waals surface area contributed by atoms with E-state index in [1.165, 1.54) is 7.11 Å². The molecule has 1 aromatic rings. The quantitative estimate of drug-likeness (QED) is 0.705. The fourth-order valence-corrected chi connectivity index (χ4v) is 1.20. The first-order valence-corrected chi connectivity index (χ1v) is 4.81. The minimum atomic E-state index is -0.396. The topological polar surface area (TPSA) is 81.4 Å². The SMILES string of the molecule is COC(=O)c1cccc(CNC(=O)CN)c1. The molecule has 1 amide bonds. The molecule has 86 valence electrons. The summed E-state index contributed by atoms with van der Waals surface area (Å²) in [6.07, 6.45) is 0. The van der Waals surface area contributed by atoms with Crippen LogP contribution in [-0.4, -0.2) is 25.5 Å². The van der Waals surface area contributed by atoms with Crippen molar-refractivity contribution in [3.63, 3.8) is 0 Å². The number of rotatable bonds is 4. The van der Waals surface area contributed by atoms with E-state index in [9.17, 15) is 9.59 Å². The number of carbonyl (C=O) groups is 2. The maximum atomic E-state index is 11.2. The van der Waals surface area contributed by atoms with E-state index in [1.54, 1.807) is 18.2 Å². The van der Waals surface area contributed by atoms with E-state index in [1.807, 2.05) is 6.07 Å². The summed E-state index contributed by atoms with van der Waals surface area (Å²) in [4.78, 5) is 22.2. The van der Waals surface area contributed by atoms with Gasteiger partial charge in [0.25, 0.3) is 0 Å². The van der Waals surface area contributed by atoms with E-state index in [4.69, 9.17) is 5.73 Å². The maximum Gasteiger partial charge on any atom is 0.337 e. The van der Waals surface area contributed by atoms with Crippen LogP contribution in [0.15, 0.2) is 24.3 Å². The van der Waals surface area contributed by atoms with Gasteiger partial charge < -0.3 is 15.8 Å². The predicted molar refractivity (Wildman–Crippen MR) is 58.7 cm³/mol. The third kappa shape index (κ3) is 3.36. The van der Waals surface area contributed by atoms with Gasteiger partial charge in [-0.2, -0.15) is 0 Å². The highest BCUT2D eigenvalue weighted by Crippen LogP contribution is 2.06. The maximum absolute atomic E-state index is 11.2. The van der Waals surface area contributed by atoms with E-state index >= 15 is 0 Å². The molecule has 0 spiro atoms. The van der Waals surface area contributed by atoms with E-state index in [2.05, 4.69) is 10.1 Å². The first-order chi connectivity index (χ1) is 7.67. The Hall–Kier alpha value is -1.88. The number of carbonyl (C=O) groups excluding carboxylic acids is 2. The van der Waals surface area contributed by atoms with E-state index in [0.29, 0.717) is 12.1 Å². The van der Waals surface area contributed by atoms with Crippen LogP contribution in [0, 0.1) is 0 Å². The van der Waals surface area contributed by atoms with Crippen LogP contribution in [0.3, 0.4) is 0 Å². The Bertz CT molecular complexity index is 391. The molecule has 0 unspecified atom stereocenters. The third-order valence-corrected chi connectivity index (χ3v) is 2.02. The van der Waals surface area contributed by atoms with Gasteiger partial charge in [0.05, 0.1) is 19.2 Å². The summed E-state index contributed by atoms with van der Waals surface area (Å²) < 4.78 is 4.59. The molecule has 16 heavy (non-hydrogen) atoms. The van der Waals surface area contributed by atoms with E-state index < -0.39 is 5.97 Å². The van der Waals surface area contributed by atoms with Crippen LogP contribution in [0.5, 0.6) is 0 Å². The van der Waals surface area contributed by atoms with Crippen molar-refractivity contribution >= 4 is 11.9 Å². The summed E-state index contributed by atoms with van der Waals surface area (Å²) in [5.41, 5.74) is 6.43. The van der Waals surface area contributed by atoms with Crippen molar-refractivity contribution in [1.82, 2.24) is 5.32 Å². The normalized spacial score (nSPS) is 9.62. The number of hydrogen-bond donors (Lipinski definition) is 2. The first-order valence-electron chi connectivity index (χ1n) is 4.81. The molecule has 0 bridgehead atoms. The highest BCUT2D eigenvalue weighted by Gasteiger charge is 2.05. The van der Waals surface area contributed by atoms with Crippen molar-refractivity contribution in [2.75, 3.05) is 13.7 Å². The van der Waals surface area contributed by atoms with Crippen molar-refractivity contribution in [3.8, 4) is 0 Å². The average Bonchev–Trinajstić information content (AvgIpc) is 2.35. The van der Waals surface area contributed by atoms with E-state index in [-0.39, 0.29) is 12.5 Å². The van der Waals surface area contributed by atoms with Gasteiger partial charge in [0, 0.05) is 6.54 Å². The molecule has 0 fully saturated rings. The minimum absolute atomic E-state index is 0.0449. The van der Waals surface area contributed by atoms with Gasteiger partial charge in [0.1, 0.15) is 0 Å². The van der Waals surface area contributed by atoms with Gasteiger partial charge in [-0.25, -0.2) is 4.79 Å². The van der Waals surface area contributed by atoms with Crippen molar-refractivity contribution in [3.05, 3.63) is 35.4 Å². The van der Waals surface area contributed by atoms with Crippen molar-refractivity contribution in [1.29, 1.82) is 0 Å². The molecule has 0 aliphatic carbocycles. The summed E-state index contributed by atoms with van der Waals surface area (Å²) in [6.45, 7) is 0.303. The van der Waals surface area contributed by atoms with Crippen LogP contribution in [0.25, 0.3) is 0 Å². The van der Waals surface area contributed by atoms with Gasteiger partial charge >= 0.3 is 5.97 Å². The number of methoxy groups -OCH3 is 1. The first kappa shape index (κ1) is 12.2. The highest BCUT2D eigenvalue weighted by molar-refractivity contribution is 5.89.